The highest BCUT2D eigenvalue weighted by molar-refractivity contribution is 5.44. The van der Waals surface area contributed by atoms with Crippen LogP contribution in [0.25, 0.3) is 0 Å². The summed E-state index contributed by atoms with van der Waals surface area (Å²) in [7, 11) is 1.72. The van der Waals surface area contributed by atoms with Gasteiger partial charge in [0, 0.05) is 30.1 Å². The zero-order valence-corrected chi connectivity index (χ0v) is 13.1. The van der Waals surface area contributed by atoms with Gasteiger partial charge in [-0.2, -0.15) is 0 Å². The van der Waals surface area contributed by atoms with Gasteiger partial charge in [-0.05, 0) is 44.0 Å². The third kappa shape index (κ3) is 4.77. The third-order valence-electron chi connectivity index (χ3n) is 3.70. The van der Waals surface area contributed by atoms with Gasteiger partial charge in [0.25, 0.3) is 0 Å². The van der Waals surface area contributed by atoms with Gasteiger partial charge in [0.1, 0.15) is 5.75 Å². The Morgan fingerprint density at radius 2 is 2.19 bits per heavy atom. The lowest BCUT2D eigenvalue weighted by Crippen LogP contribution is -2.26. The van der Waals surface area contributed by atoms with Crippen molar-refractivity contribution in [1.82, 2.24) is 4.90 Å². The van der Waals surface area contributed by atoms with Crippen molar-refractivity contribution in [3.8, 4) is 17.6 Å². The molecule has 0 saturated heterocycles. The predicted octanol–water partition coefficient (Wildman–Crippen LogP) is 2.80. The smallest absolute Gasteiger partial charge is 0.123 e. The van der Waals surface area contributed by atoms with Crippen molar-refractivity contribution >= 4 is 0 Å². The minimum atomic E-state index is 0.113. The van der Waals surface area contributed by atoms with E-state index in [-0.39, 0.29) is 6.61 Å². The molecule has 114 valence electrons. The topological polar surface area (TPSA) is 32.7 Å². The van der Waals surface area contributed by atoms with Crippen LogP contribution >= 0.6 is 0 Å². The molecular formula is C18H25NO2. The summed E-state index contributed by atoms with van der Waals surface area (Å²) in [6, 6.07) is 6.84. The molecule has 1 saturated carbocycles. The minimum Gasteiger partial charge on any atom is -0.496 e. The highest BCUT2D eigenvalue weighted by Crippen LogP contribution is 2.30. The van der Waals surface area contributed by atoms with Gasteiger partial charge in [0.15, 0.2) is 0 Å². The second-order valence-electron chi connectivity index (χ2n) is 5.50. The van der Waals surface area contributed by atoms with E-state index in [0.29, 0.717) is 6.42 Å². The van der Waals surface area contributed by atoms with E-state index in [9.17, 15) is 0 Å². The number of rotatable bonds is 7. The van der Waals surface area contributed by atoms with Crippen LogP contribution in [0, 0.1) is 11.8 Å². The quantitative estimate of drug-likeness (QED) is 0.783. The lowest BCUT2D eigenvalue weighted by Gasteiger charge is -2.22. The van der Waals surface area contributed by atoms with Crippen molar-refractivity contribution in [3.63, 3.8) is 0 Å². The third-order valence-corrected chi connectivity index (χ3v) is 3.70. The summed E-state index contributed by atoms with van der Waals surface area (Å²) in [5.41, 5.74) is 2.19. The van der Waals surface area contributed by atoms with E-state index in [4.69, 9.17) is 9.84 Å². The van der Waals surface area contributed by atoms with Crippen molar-refractivity contribution in [1.29, 1.82) is 0 Å². The monoisotopic (exact) mass is 287 g/mol. The van der Waals surface area contributed by atoms with Gasteiger partial charge in [-0.3, -0.25) is 4.90 Å². The second-order valence-corrected chi connectivity index (χ2v) is 5.50. The molecular weight excluding hydrogens is 262 g/mol. The molecule has 1 aliphatic carbocycles. The molecule has 1 aromatic carbocycles. The molecule has 1 N–H and O–H groups in total. The second kappa shape index (κ2) is 8.07. The average molecular weight is 287 g/mol. The summed E-state index contributed by atoms with van der Waals surface area (Å²) in [5, 5.41) is 8.80. The maximum Gasteiger partial charge on any atom is 0.123 e. The summed E-state index contributed by atoms with van der Waals surface area (Å²) < 4.78 is 5.49. The van der Waals surface area contributed by atoms with E-state index < -0.39 is 0 Å². The Hall–Kier alpha value is -1.50. The van der Waals surface area contributed by atoms with Crippen molar-refractivity contribution < 1.29 is 9.84 Å². The van der Waals surface area contributed by atoms with E-state index in [1.807, 2.05) is 12.1 Å². The van der Waals surface area contributed by atoms with Crippen LogP contribution in [-0.4, -0.2) is 36.3 Å². The van der Waals surface area contributed by atoms with E-state index in [0.717, 1.165) is 30.4 Å². The predicted molar refractivity (Wildman–Crippen MR) is 85.3 cm³/mol. The van der Waals surface area contributed by atoms with Crippen molar-refractivity contribution in [3.05, 3.63) is 29.3 Å². The Morgan fingerprint density at radius 1 is 1.38 bits per heavy atom. The van der Waals surface area contributed by atoms with Crippen molar-refractivity contribution in [2.24, 2.45) is 0 Å². The van der Waals surface area contributed by atoms with Gasteiger partial charge in [0.05, 0.1) is 13.7 Å². The lowest BCUT2D eigenvalue weighted by atomic mass is 10.1. The normalized spacial score (nSPS) is 13.9. The number of methoxy groups -OCH3 is 1. The number of ether oxygens (including phenoxy) is 1. The molecule has 21 heavy (non-hydrogen) atoms. The molecule has 0 radical (unpaired) electrons. The van der Waals surface area contributed by atoms with E-state index in [2.05, 4.69) is 29.7 Å². The SMILES string of the molecule is CCCN(Cc1cc(C#CCCO)ccc1OC)C1CC1. The fourth-order valence-corrected chi connectivity index (χ4v) is 2.54. The first-order valence-corrected chi connectivity index (χ1v) is 7.79. The maximum atomic E-state index is 8.80. The number of aliphatic hydroxyl groups is 1. The lowest BCUT2D eigenvalue weighted by molar-refractivity contribution is 0.251. The molecule has 1 aromatic rings. The highest BCUT2D eigenvalue weighted by atomic mass is 16.5. The zero-order valence-electron chi connectivity index (χ0n) is 13.1. The molecule has 0 bridgehead atoms. The molecule has 0 amide bonds. The van der Waals surface area contributed by atoms with Crippen LogP contribution in [0.3, 0.4) is 0 Å². The number of aliphatic hydroxyl groups excluding tert-OH is 1. The molecule has 1 aliphatic rings. The first-order chi connectivity index (χ1) is 10.3. The number of hydrogen-bond acceptors (Lipinski definition) is 3. The Morgan fingerprint density at radius 3 is 2.81 bits per heavy atom. The van der Waals surface area contributed by atoms with Crippen LogP contribution in [0.1, 0.15) is 43.7 Å². The van der Waals surface area contributed by atoms with Gasteiger partial charge in [0.2, 0.25) is 0 Å². The molecule has 0 heterocycles. The van der Waals surface area contributed by atoms with Gasteiger partial charge >= 0.3 is 0 Å². The summed E-state index contributed by atoms with van der Waals surface area (Å²) in [4.78, 5) is 2.54. The fraction of sp³-hybridized carbons (Fsp3) is 0.556. The summed E-state index contributed by atoms with van der Waals surface area (Å²) in [6.45, 7) is 4.40. The maximum absolute atomic E-state index is 8.80. The van der Waals surface area contributed by atoms with Gasteiger partial charge in [-0.15, -0.1) is 0 Å². The average Bonchev–Trinajstić information content (AvgIpc) is 3.32. The first kappa shape index (κ1) is 15.9. The first-order valence-electron chi connectivity index (χ1n) is 7.79. The van der Waals surface area contributed by atoms with Crippen molar-refractivity contribution in [2.75, 3.05) is 20.3 Å². The number of hydrogen-bond donors (Lipinski definition) is 1. The molecule has 1 fully saturated rings. The Labute approximate surface area is 127 Å². The standard InChI is InChI=1S/C18H25NO2/c1-3-11-19(17-8-9-17)14-16-13-15(6-4-5-12-20)7-10-18(16)21-2/h7,10,13,17,20H,3,5,8-9,11-12,14H2,1-2H3. The molecule has 0 unspecified atom stereocenters. The largest absolute Gasteiger partial charge is 0.496 e. The van der Waals surface area contributed by atoms with Crippen molar-refractivity contribution in [2.45, 2.75) is 45.2 Å². The Kier molecular flexibility index (Phi) is 6.10. The summed E-state index contributed by atoms with van der Waals surface area (Å²) in [6.07, 6.45) is 4.33. The van der Waals surface area contributed by atoms with E-state index in [1.54, 1.807) is 7.11 Å². The molecule has 0 aromatic heterocycles. The fourth-order valence-electron chi connectivity index (χ4n) is 2.54. The number of nitrogens with zero attached hydrogens (tertiary/aromatic N) is 1. The van der Waals surface area contributed by atoms with Crippen LogP contribution in [0.15, 0.2) is 18.2 Å². The Balaban J connectivity index is 2.15. The molecule has 3 heteroatoms. The van der Waals surface area contributed by atoms with E-state index >= 15 is 0 Å². The molecule has 0 spiro atoms. The summed E-state index contributed by atoms with van der Waals surface area (Å²) >= 11 is 0. The van der Waals surface area contributed by atoms with Crippen LogP contribution in [-0.2, 0) is 6.54 Å². The van der Waals surface area contributed by atoms with Gasteiger partial charge < -0.3 is 9.84 Å². The van der Waals surface area contributed by atoms with Gasteiger partial charge in [-0.1, -0.05) is 18.8 Å². The van der Waals surface area contributed by atoms with E-state index in [1.165, 1.54) is 24.8 Å². The van der Waals surface area contributed by atoms with Crippen LogP contribution in [0.5, 0.6) is 5.75 Å². The van der Waals surface area contributed by atoms with Crippen LogP contribution in [0.4, 0.5) is 0 Å². The van der Waals surface area contributed by atoms with Gasteiger partial charge in [-0.25, -0.2) is 0 Å². The summed E-state index contributed by atoms with van der Waals surface area (Å²) in [5.74, 6) is 7.01. The minimum absolute atomic E-state index is 0.113. The number of benzene rings is 1. The Bertz CT molecular complexity index is 512. The van der Waals surface area contributed by atoms with Crippen LogP contribution < -0.4 is 4.74 Å². The highest BCUT2D eigenvalue weighted by Gasteiger charge is 2.28. The molecule has 0 aliphatic heterocycles. The molecule has 3 nitrogen and oxygen atoms in total. The zero-order chi connectivity index (χ0) is 15.1. The van der Waals surface area contributed by atoms with Crippen LogP contribution in [0.2, 0.25) is 0 Å². The molecule has 2 rings (SSSR count). The molecule has 0 atom stereocenters.